The fraction of sp³-hybridized carbons (Fsp3) is 0.412. The molecule has 1 fully saturated rings. The monoisotopic (exact) mass is 365 g/mol. The van der Waals surface area contributed by atoms with Crippen LogP contribution in [0.1, 0.15) is 19.4 Å². The van der Waals surface area contributed by atoms with Gasteiger partial charge in [-0.25, -0.2) is 0 Å². The van der Waals surface area contributed by atoms with E-state index < -0.39 is 35.4 Å². The Morgan fingerprint density at radius 1 is 1.23 bits per heavy atom. The molecule has 1 aliphatic rings. The van der Waals surface area contributed by atoms with Crippen molar-refractivity contribution in [2.45, 2.75) is 39.0 Å². The van der Waals surface area contributed by atoms with Crippen molar-refractivity contribution >= 4 is 11.9 Å². The SMILES string of the molecule is CC(=O)OC1C(=C[N+](=O)[O-])COC(OCc2ccccc2)C1OC(C)=O. The highest BCUT2D eigenvalue weighted by Gasteiger charge is 2.44. The van der Waals surface area contributed by atoms with E-state index in [1.165, 1.54) is 6.92 Å². The first kappa shape index (κ1) is 19.5. The molecule has 9 heteroatoms. The van der Waals surface area contributed by atoms with Gasteiger partial charge in [-0.1, -0.05) is 30.3 Å². The van der Waals surface area contributed by atoms with Crippen molar-refractivity contribution in [2.24, 2.45) is 0 Å². The largest absolute Gasteiger partial charge is 0.453 e. The highest BCUT2D eigenvalue weighted by Crippen LogP contribution is 2.27. The lowest BCUT2D eigenvalue weighted by Gasteiger charge is -2.36. The minimum Gasteiger partial charge on any atom is -0.453 e. The van der Waals surface area contributed by atoms with E-state index in [0.717, 1.165) is 12.5 Å². The first-order valence-electron chi connectivity index (χ1n) is 7.82. The quantitative estimate of drug-likeness (QED) is 0.424. The van der Waals surface area contributed by atoms with Gasteiger partial charge in [0.1, 0.15) is 0 Å². The molecule has 0 spiro atoms. The lowest BCUT2D eigenvalue weighted by atomic mass is 10.0. The first-order valence-corrected chi connectivity index (χ1v) is 7.82. The summed E-state index contributed by atoms with van der Waals surface area (Å²) in [4.78, 5) is 33.0. The van der Waals surface area contributed by atoms with Crippen LogP contribution in [0.15, 0.2) is 42.1 Å². The van der Waals surface area contributed by atoms with Crippen LogP contribution in [0.2, 0.25) is 0 Å². The average Bonchev–Trinajstić information content (AvgIpc) is 2.56. The zero-order chi connectivity index (χ0) is 19.1. The minimum atomic E-state index is -1.17. The summed E-state index contributed by atoms with van der Waals surface area (Å²) in [6, 6.07) is 9.21. The van der Waals surface area contributed by atoms with Gasteiger partial charge in [-0.05, 0) is 5.56 Å². The van der Waals surface area contributed by atoms with Gasteiger partial charge in [-0.2, -0.15) is 0 Å². The number of carbonyl (C=O) groups is 2. The summed E-state index contributed by atoms with van der Waals surface area (Å²) in [5.41, 5.74) is 0.921. The molecule has 0 aliphatic carbocycles. The molecule has 1 heterocycles. The lowest BCUT2D eigenvalue weighted by molar-refractivity contribution is -0.405. The highest BCUT2D eigenvalue weighted by atomic mass is 16.7. The molecule has 2 rings (SSSR count). The van der Waals surface area contributed by atoms with Gasteiger partial charge < -0.3 is 18.9 Å². The Morgan fingerprint density at radius 3 is 2.46 bits per heavy atom. The number of esters is 2. The van der Waals surface area contributed by atoms with Crippen molar-refractivity contribution in [1.29, 1.82) is 0 Å². The predicted octanol–water partition coefficient (Wildman–Crippen LogP) is 1.58. The maximum atomic E-state index is 11.5. The van der Waals surface area contributed by atoms with Crippen LogP contribution in [0.3, 0.4) is 0 Å². The lowest BCUT2D eigenvalue weighted by Crippen LogP contribution is -2.51. The third kappa shape index (κ3) is 5.64. The van der Waals surface area contributed by atoms with E-state index in [1.54, 1.807) is 0 Å². The summed E-state index contributed by atoms with van der Waals surface area (Å²) in [6.07, 6.45) is -2.71. The van der Waals surface area contributed by atoms with Crippen LogP contribution in [0.4, 0.5) is 0 Å². The van der Waals surface area contributed by atoms with Crippen LogP contribution < -0.4 is 0 Å². The molecule has 3 unspecified atom stereocenters. The van der Waals surface area contributed by atoms with Crippen LogP contribution in [0.5, 0.6) is 0 Å². The Kier molecular flexibility index (Phi) is 6.81. The number of carbonyl (C=O) groups excluding carboxylic acids is 2. The summed E-state index contributed by atoms with van der Waals surface area (Å²) >= 11 is 0. The fourth-order valence-corrected chi connectivity index (χ4v) is 2.48. The molecule has 0 radical (unpaired) electrons. The maximum Gasteiger partial charge on any atom is 0.303 e. The van der Waals surface area contributed by atoms with Gasteiger partial charge in [0.25, 0.3) is 0 Å². The van der Waals surface area contributed by atoms with Crippen LogP contribution >= 0.6 is 0 Å². The zero-order valence-electron chi connectivity index (χ0n) is 14.3. The number of rotatable bonds is 6. The molecule has 3 atom stereocenters. The second-order valence-electron chi connectivity index (χ2n) is 5.57. The molecular formula is C17H19NO8. The van der Waals surface area contributed by atoms with E-state index in [9.17, 15) is 19.7 Å². The molecule has 9 nitrogen and oxygen atoms in total. The molecule has 1 aliphatic heterocycles. The summed E-state index contributed by atoms with van der Waals surface area (Å²) in [5, 5.41) is 10.8. The Hall–Kier alpha value is -2.78. The van der Waals surface area contributed by atoms with Gasteiger partial charge in [0.15, 0.2) is 18.5 Å². The number of ether oxygens (including phenoxy) is 4. The molecule has 1 saturated heterocycles. The third-order valence-electron chi connectivity index (χ3n) is 3.47. The predicted molar refractivity (Wildman–Crippen MR) is 87.2 cm³/mol. The Labute approximate surface area is 149 Å². The van der Waals surface area contributed by atoms with Gasteiger partial charge in [0.05, 0.1) is 23.7 Å². The molecule has 26 heavy (non-hydrogen) atoms. The van der Waals surface area contributed by atoms with E-state index >= 15 is 0 Å². The standard InChI is InChI=1S/C17H19NO8/c1-11(19)25-15-14(8-18(21)22)10-24-17(16(15)26-12(2)20)23-9-13-6-4-3-5-7-13/h3-8,15-17H,9-10H2,1-2H3. The molecule has 0 N–H and O–H groups in total. The number of benzene rings is 1. The Morgan fingerprint density at radius 2 is 1.88 bits per heavy atom. The van der Waals surface area contributed by atoms with E-state index in [4.69, 9.17) is 18.9 Å². The van der Waals surface area contributed by atoms with E-state index in [0.29, 0.717) is 6.20 Å². The molecular weight excluding hydrogens is 346 g/mol. The van der Waals surface area contributed by atoms with Gasteiger partial charge >= 0.3 is 11.9 Å². The third-order valence-corrected chi connectivity index (χ3v) is 3.47. The molecule has 0 bridgehead atoms. The second-order valence-corrected chi connectivity index (χ2v) is 5.57. The Balaban J connectivity index is 2.22. The number of hydrogen-bond donors (Lipinski definition) is 0. The summed E-state index contributed by atoms with van der Waals surface area (Å²) in [6.45, 7) is 2.29. The molecule has 1 aromatic rings. The van der Waals surface area contributed by atoms with Gasteiger partial charge in [-0.3, -0.25) is 19.7 Å². The van der Waals surface area contributed by atoms with E-state index in [-0.39, 0.29) is 18.8 Å². The van der Waals surface area contributed by atoms with Crippen molar-refractivity contribution in [1.82, 2.24) is 0 Å². The van der Waals surface area contributed by atoms with Crippen molar-refractivity contribution in [3.05, 3.63) is 57.8 Å². The zero-order valence-corrected chi connectivity index (χ0v) is 14.3. The van der Waals surface area contributed by atoms with Crippen LogP contribution in [-0.4, -0.2) is 42.0 Å². The molecule has 0 saturated carbocycles. The maximum absolute atomic E-state index is 11.5. The van der Waals surface area contributed by atoms with Crippen LogP contribution in [-0.2, 0) is 35.1 Å². The number of nitro groups is 1. The fourth-order valence-electron chi connectivity index (χ4n) is 2.48. The number of nitrogens with zero attached hydrogens (tertiary/aromatic N) is 1. The molecule has 1 aromatic carbocycles. The Bertz CT molecular complexity index is 687. The van der Waals surface area contributed by atoms with E-state index in [2.05, 4.69) is 0 Å². The first-order chi connectivity index (χ1) is 12.4. The van der Waals surface area contributed by atoms with Crippen molar-refractivity contribution in [3.63, 3.8) is 0 Å². The topological polar surface area (TPSA) is 114 Å². The molecule has 0 amide bonds. The van der Waals surface area contributed by atoms with Crippen LogP contribution in [0.25, 0.3) is 0 Å². The minimum absolute atomic E-state index is 0.0658. The summed E-state index contributed by atoms with van der Waals surface area (Å²) < 4.78 is 21.5. The van der Waals surface area contributed by atoms with Gasteiger partial charge in [-0.15, -0.1) is 0 Å². The average molecular weight is 365 g/mol. The highest BCUT2D eigenvalue weighted by molar-refractivity contribution is 5.67. The van der Waals surface area contributed by atoms with Crippen molar-refractivity contribution in [3.8, 4) is 0 Å². The normalized spacial score (nSPS) is 24.1. The summed E-state index contributed by atoms with van der Waals surface area (Å²) in [5.74, 6) is -1.34. The van der Waals surface area contributed by atoms with Crippen molar-refractivity contribution < 1.29 is 33.5 Å². The molecule has 140 valence electrons. The van der Waals surface area contributed by atoms with Crippen molar-refractivity contribution in [2.75, 3.05) is 6.61 Å². The second kappa shape index (κ2) is 9.07. The molecule has 0 aromatic heterocycles. The number of hydrogen-bond acceptors (Lipinski definition) is 8. The van der Waals surface area contributed by atoms with E-state index in [1.807, 2.05) is 30.3 Å². The summed E-state index contributed by atoms with van der Waals surface area (Å²) in [7, 11) is 0. The van der Waals surface area contributed by atoms with Crippen LogP contribution in [0, 0.1) is 10.1 Å². The van der Waals surface area contributed by atoms with Gasteiger partial charge in [0.2, 0.25) is 6.20 Å². The smallest absolute Gasteiger partial charge is 0.303 e. The van der Waals surface area contributed by atoms with Gasteiger partial charge in [0, 0.05) is 13.8 Å².